The van der Waals surface area contributed by atoms with Crippen molar-refractivity contribution in [2.45, 2.75) is 11.8 Å². The molecule has 1 heterocycles. The van der Waals surface area contributed by atoms with Crippen molar-refractivity contribution >= 4 is 29.2 Å². The zero-order chi connectivity index (χ0) is 13.0. The topological polar surface area (TPSA) is 81.2 Å². The van der Waals surface area contributed by atoms with Crippen LogP contribution in [0.3, 0.4) is 0 Å². The monoisotopic (exact) mass is 263 g/mol. The van der Waals surface area contributed by atoms with Crippen LogP contribution in [-0.2, 0) is 4.79 Å². The van der Waals surface area contributed by atoms with E-state index in [-0.39, 0.29) is 5.91 Å². The minimum Gasteiger partial charge on any atom is -0.399 e. The maximum Gasteiger partial charge on any atom is 0.235 e. The van der Waals surface area contributed by atoms with E-state index in [4.69, 9.17) is 10.3 Å². The summed E-state index contributed by atoms with van der Waals surface area (Å²) in [5, 5.41) is 6.34. The first kappa shape index (κ1) is 12.5. The van der Waals surface area contributed by atoms with Crippen LogP contribution >= 0.6 is 11.8 Å². The minimum atomic E-state index is -0.129. The third-order valence-corrected chi connectivity index (χ3v) is 3.12. The van der Waals surface area contributed by atoms with Crippen LogP contribution in [0.4, 0.5) is 11.5 Å². The van der Waals surface area contributed by atoms with Gasteiger partial charge in [0.25, 0.3) is 0 Å². The molecule has 0 spiro atoms. The molecule has 5 nitrogen and oxygen atoms in total. The molecule has 0 aliphatic carbocycles. The molecule has 6 heteroatoms. The number of anilines is 2. The molecule has 18 heavy (non-hydrogen) atoms. The van der Waals surface area contributed by atoms with Crippen molar-refractivity contribution in [1.82, 2.24) is 5.16 Å². The number of aryl methyl sites for hydroxylation is 1. The van der Waals surface area contributed by atoms with E-state index in [1.54, 1.807) is 13.0 Å². The third-order valence-electron chi connectivity index (χ3n) is 2.12. The smallest absolute Gasteiger partial charge is 0.235 e. The highest BCUT2D eigenvalue weighted by atomic mass is 32.2. The quantitative estimate of drug-likeness (QED) is 0.653. The lowest BCUT2D eigenvalue weighted by atomic mass is 10.3. The summed E-state index contributed by atoms with van der Waals surface area (Å²) in [5.74, 6) is 1.27. The summed E-state index contributed by atoms with van der Waals surface area (Å²) >= 11 is 1.42. The Kier molecular flexibility index (Phi) is 3.88. The molecule has 1 aromatic carbocycles. The number of rotatable bonds is 4. The molecule has 3 N–H and O–H groups in total. The Labute approximate surface area is 109 Å². The summed E-state index contributed by atoms with van der Waals surface area (Å²) in [5.41, 5.74) is 6.34. The van der Waals surface area contributed by atoms with Gasteiger partial charge in [-0.1, -0.05) is 11.2 Å². The van der Waals surface area contributed by atoms with Gasteiger partial charge < -0.3 is 15.6 Å². The molecular weight excluding hydrogens is 250 g/mol. The predicted octanol–water partition coefficient (Wildman–Crippen LogP) is 2.30. The molecule has 0 saturated carbocycles. The molecule has 2 rings (SSSR count). The number of thioether (sulfide) groups is 1. The highest BCUT2D eigenvalue weighted by molar-refractivity contribution is 8.00. The molecule has 0 aliphatic heterocycles. The van der Waals surface area contributed by atoms with Gasteiger partial charge in [0, 0.05) is 16.6 Å². The van der Waals surface area contributed by atoms with Crippen molar-refractivity contribution in [3.8, 4) is 0 Å². The second-order valence-electron chi connectivity index (χ2n) is 3.73. The fraction of sp³-hybridized carbons (Fsp3) is 0.167. The second-order valence-corrected chi connectivity index (χ2v) is 4.78. The number of amides is 1. The average Bonchev–Trinajstić information content (AvgIpc) is 2.72. The molecule has 0 bridgehead atoms. The summed E-state index contributed by atoms with van der Waals surface area (Å²) in [6.07, 6.45) is 0. The first-order valence-corrected chi connectivity index (χ1v) is 6.33. The number of aromatic nitrogens is 1. The van der Waals surface area contributed by atoms with Gasteiger partial charge in [-0.05, 0) is 25.1 Å². The summed E-state index contributed by atoms with van der Waals surface area (Å²) in [7, 11) is 0. The predicted molar refractivity (Wildman–Crippen MR) is 71.4 cm³/mol. The number of carbonyl (C=O) groups is 1. The van der Waals surface area contributed by atoms with E-state index in [1.807, 2.05) is 24.3 Å². The Hall–Kier alpha value is -1.95. The van der Waals surface area contributed by atoms with Gasteiger partial charge in [-0.25, -0.2) is 0 Å². The van der Waals surface area contributed by atoms with Gasteiger partial charge in [0.1, 0.15) is 5.76 Å². The van der Waals surface area contributed by atoms with Crippen molar-refractivity contribution < 1.29 is 9.32 Å². The van der Waals surface area contributed by atoms with Crippen molar-refractivity contribution in [1.29, 1.82) is 0 Å². The number of hydrogen-bond donors (Lipinski definition) is 2. The lowest BCUT2D eigenvalue weighted by Crippen LogP contribution is -2.14. The van der Waals surface area contributed by atoms with Crippen LogP contribution in [-0.4, -0.2) is 16.8 Å². The number of nitrogens with one attached hydrogen (secondary N) is 1. The Morgan fingerprint density at radius 1 is 1.50 bits per heavy atom. The molecule has 94 valence electrons. The zero-order valence-electron chi connectivity index (χ0n) is 9.84. The van der Waals surface area contributed by atoms with E-state index in [0.717, 1.165) is 4.90 Å². The van der Waals surface area contributed by atoms with E-state index in [0.29, 0.717) is 23.0 Å². The van der Waals surface area contributed by atoms with E-state index >= 15 is 0 Å². The minimum absolute atomic E-state index is 0.129. The summed E-state index contributed by atoms with van der Waals surface area (Å²) in [6.45, 7) is 1.77. The molecule has 0 saturated heterocycles. The number of nitrogen functional groups attached to an aromatic ring is 1. The third kappa shape index (κ3) is 3.53. The number of benzene rings is 1. The van der Waals surface area contributed by atoms with E-state index in [1.165, 1.54) is 11.8 Å². The first-order valence-electron chi connectivity index (χ1n) is 5.35. The van der Waals surface area contributed by atoms with Crippen LogP contribution in [0.25, 0.3) is 0 Å². The molecule has 2 aromatic rings. The van der Waals surface area contributed by atoms with Gasteiger partial charge in [0.2, 0.25) is 5.91 Å². The maximum absolute atomic E-state index is 11.6. The number of nitrogens with two attached hydrogens (primary N) is 1. The van der Waals surface area contributed by atoms with Gasteiger partial charge >= 0.3 is 0 Å². The summed E-state index contributed by atoms with van der Waals surface area (Å²) in [6, 6.07) is 9.08. The Morgan fingerprint density at radius 3 is 3.00 bits per heavy atom. The van der Waals surface area contributed by atoms with E-state index in [9.17, 15) is 4.79 Å². The number of carbonyl (C=O) groups excluding carboxylic acids is 1. The SMILES string of the molecule is Cc1cc(NC(=O)CSc2cccc(N)c2)no1. The average molecular weight is 263 g/mol. The van der Waals surface area contributed by atoms with Crippen LogP contribution in [0.5, 0.6) is 0 Å². The van der Waals surface area contributed by atoms with Crippen LogP contribution in [0, 0.1) is 6.92 Å². The van der Waals surface area contributed by atoms with Gasteiger partial charge in [-0.2, -0.15) is 0 Å². The molecule has 0 radical (unpaired) electrons. The van der Waals surface area contributed by atoms with Gasteiger partial charge in [0.05, 0.1) is 5.75 Å². The van der Waals surface area contributed by atoms with Gasteiger partial charge in [-0.3, -0.25) is 4.79 Å². The van der Waals surface area contributed by atoms with Crippen molar-refractivity contribution in [2.24, 2.45) is 0 Å². The maximum atomic E-state index is 11.6. The first-order chi connectivity index (χ1) is 8.63. The standard InChI is InChI=1S/C12H13N3O2S/c1-8-5-11(15-17-8)14-12(16)7-18-10-4-2-3-9(13)6-10/h2-6H,7,13H2,1H3,(H,14,15,16). The molecule has 1 amide bonds. The van der Waals surface area contributed by atoms with Crippen molar-refractivity contribution in [3.63, 3.8) is 0 Å². The molecule has 1 aromatic heterocycles. The lowest BCUT2D eigenvalue weighted by molar-refractivity contribution is -0.113. The zero-order valence-corrected chi connectivity index (χ0v) is 10.7. The Balaban J connectivity index is 1.85. The fourth-order valence-corrected chi connectivity index (χ4v) is 2.12. The van der Waals surface area contributed by atoms with Crippen LogP contribution in [0.15, 0.2) is 39.8 Å². The largest absolute Gasteiger partial charge is 0.399 e. The molecule has 0 unspecified atom stereocenters. The van der Waals surface area contributed by atoms with Gasteiger partial charge in [-0.15, -0.1) is 11.8 Å². The Morgan fingerprint density at radius 2 is 2.33 bits per heavy atom. The fourth-order valence-electron chi connectivity index (χ4n) is 1.36. The Bertz CT molecular complexity index is 554. The highest BCUT2D eigenvalue weighted by Crippen LogP contribution is 2.20. The van der Waals surface area contributed by atoms with E-state index < -0.39 is 0 Å². The number of nitrogens with zero attached hydrogens (tertiary/aromatic N) is 1. The van der Waals surface area contributed by atoms with Crippen LogP contribution in [0.2, 0.25) is 0 Å². The van der Waals surface area contributed by atoms with Crippen LogP contribution < -0.4 is 11.1 Å². The van der Waals surface area contributed by atoms with Crippen molar-refractivity contribution in [2.75, 3.05) is 16.8 Å². The van der Waals surface area contributed by atoms with Gasteiger partial charge in [0.15, 0.2) is 5.82 Å². The summed E-state index contributed by atoms with van der Waals surface area (Å²) < 4.78 is 4.86. The molecule has 0 fully saturated rings. The van der Waals surface area contributed by atoms with Crippen LogP contribution in [0.1, 0.15) is 5.76 Å². The molecule has 0 atom stereocenters. The number of hydrogen-bond acceptors (Lipinski definition) is 5. The summed E-state index contributed by atoms with van der Waals surface area (Å²) in [4.78, 5) is 12.6. The normalized spacial score (nSPS) is 10.3. The molecular formula is C12H13N3O2S. The van der Waals surface area contributed by atoms with Crippen molar-refractivity contribution in [3.05, 3.63) is 36.1 Å². The molecule has 0 aliphatic rings. The van der Waals surface area contributed by atoms with E-state index in [2.05, 4.69) is 10.5 Å². The highest BCUT2D eigenvalue weighted by Gasteiger charge is 2.06. The second kappa shape index (κ2) is 5.59. The lowest BCUT2D eigenvalue weighted by Gasteiger charge is -2.02.